The second-order valence-electron chi connectivity index (χ2n) is 6.61. The Morgan fingerprint density at radius 1 is 1.26 bits per heavy atom. The van der Waals surface area contributed by atoms with Crippen LogP contribution in [0.2, 0.25) is 0 Å². The third kappa shape index (κ3) is 4.95. The third-order valence-corrected chi connectivity index (χ3v) is 5.15. The van der Waals surface area contributed by atoms with Crippen LogP contribution in [-0.4, -0.2) is 10.9 Å². The maximum atomic E-state index is 12.5. The summed E-state index contributed by atoms with van der Waals surface area (Å²) in [5.41, 5.74) is 3.85. The fourth-order valence-electron chi connectivity index (χ4n) is 3.14. The molecule has 5 nitrogen and oxygen atoms in total. The number of aromatic nitrogens is 1. The molecular formula is C21H21BrN4O. The van der Waals surface area contributed by atoms with Crippen molar-refractivity contribution in [2.45, 2.75) is 38.6 Å². The predicted molar refractivity (Wildman–Crippen MR) is 109 cm³/mol. The molecule has 27 heavy (non-hydrogen) atoms. The lowest BCUT2D eigenvalue weighted by atomic mass is 9.89. The van der Waals surface area contributed by atoms with Gasteiger partial charge in [-0.3, -0.25) is 4.79 Å². The highest BCUT2D eigenvalue weighted by molar-refractivity contribution is 9.10. The molecule has 6 heteroatoms. The van der Waals surface area contributed by atoms with Gasteiger partial charge in [0.25, 0.3) is 5.91 Å². The minimum absolute atomic E-state index is 0.00419. The first kappa shape index (κ1) is 19.1. The van der Waals surface area contributed by atoms with Gasteiger partial charge in [-0.1, -0.05) is 18.2 Å². The molecule has 1 aliphatic rings. The molecule has 0 bridgehead atoms. The van der Waals surface area contributed by atoms with E-state index in [0.717, 1.165) is 22.9 Å². The molecule has 1 unspecified atom stereocenters. The van der Waals surface area contributed by atoms with Crippen molar-refractivity contribution < 1.29 is 4.79 Å². The number of pyridine rings is 1. The third-order valence-electron chi connectivity index (χ3n) is 4.68. The molecule has 138 valence electrons. The number of nitrogens with one attached hydrogen (secondary N) is 2. The van der Waals surface area contributed by atoms with Crippen LogP contribution >= 0.6 is 15.9 Å². The Morgan fingerprint density at radius 3 is 2.74 bits per heavy atom. The van der Waals surface area contributed by atoms with Crippen molar-refractivity contribution in [2.75, 3.05) is 5.32 Å². The van der Waals surface area contributed by atoms with Crippen LogP contribution in [0.3, 0.4) is 0 Å². The Balaban J connectivity index is 1.66. The topological polar surface area (TPSA) is 77.8 Å². The molecule has 3 rings (SSSR count). The monoisotopic (exact) mass is 424 g/mol. The minimum atomic E-state index is -0.410. The van der Waals surface area contributed by atoms with E-state index in [4.69, 9.17) is 0 Å². The van der Waals surface area contributed by atoms with Crippen molar-refractivity contribution >= 4 is 27.7 Å². The van der Waals surface area contributed by atoms with Gasteiger partial charge in [0.2, 0.25) is 0 Å². The number of hydrogen-bond donors (Lipinski definition) is 2. The molecule has 1 heterocycles. The van der Waals surface area contributed by atoms with Gasteiger partial charge in [-0.2, -0.15) is 5.26 Å². The summed E-state index contributed by atoms with van der Waals surface area (Å²) in [6.07, 6.45) is 7.71. The van der Waals surface area contributed by atoms with Crippen LogP contribution in [0.4, 0.5) is 5.82 Å². The van der Waals surface area contributed by atoms with Gasteiger partial charge in [0.05, 0.1) is 6.04 Å². The van der Waals surface area contributed by atoms with E-state index in [9.17, 15) is 10.1 Å². The number of hydrogen-bond acceptors (Lipinski definition) is 4. The molecular weight excluding hydrogens is 404 g/mol. The molecule has 1 atom stereocenters. The van der Waals surface area contributed by atoms with Gasteiger partial charge >= 0.3 is 0 Å². The smallest absolute Gasteiger partial charge is 0.263 e. The van der Waals surface area contributed by atoms with E-state index in [-0.39, 0.29) is 11.6 Å². The molecule has 1 aromatic heterocycles. The molecule has 0 fully saturated rings. The predicted octanol–water partition coefficient (Wildman–Crippen LogP) is 4.42. The zero-order valence-electron chi connectivity index (χ0n) is 15.1. The van der Waals surface area contributed by atoms with Gasteiger partial charge < -0.3 is 10.6 Å². The molecule has 2 N–H and O–H groups in total. The molecule has 0 aliphatic heterocycles. The summed E-state index contributed by atoms with van der Waals surface area (Å²) in [6.45, 7) is 1.93. The normalized spacial score (nSPS) is 14.6. The summed E-state index contributed by atoms with van der Waals surface area (Å²) in [7, 11) is 0. The summed E-state index contributed by atoms with van der Waals surface area (Å²) in [5, 5.41) is 15.1. The Labute approximate surface area is 167 Å². The first-order valence-electron chi connectivity index (χ1n) is 8.98. The zero-order valence-corrected chi connectivity index (χ0v) is 16.7. The molecule has 1 aromatic carbocycles. The van der Waals surface area contributed by atoms with Gasteiger partial charge in [-0.15, -0.1) is 0 Å². The van der Waals surface area contributed by atoms with Gasteiger partial charge in [-0.05, 0) is 77.4 Å². The van der Waals surface area contributed by atoms with Crippen molar-refractivity contribution in [3.63, 3.8) is 0 Å². The Bertz CT molecular complexity index is 899. The maximum Gasteiger partial charge on any atom is 0.263 e. The SMILES string of the molecule is CC(NC(=O)/C(C#N)=C\Nc1ccc(Br)cn1)c1ccc2c(c1)CCCC2. The molecule has 0 saturated carbocycles. The van der Waals surface area contributed by atoms with Gasteiger partial charge in [-0.25, -0.2) is 4.98 Å². The first-order chi connectivity index (χ1) is 13.1. The summed E-state index contributed by atoms with van der Waals surface area (Å²) < 4.78 is 0.856. The number of amides is 1. The molecule has 0 saturated heterocycles. The summed E-state index contributed by atoms with van der Waals surface area (Å²) in [5.74, 6) is 0.147. The highest BCUT2D eigenvalue weighted by Gasteiger charge is 2.16. The number of rotatable bonds is 5. The number of benzene rings is 1. The summed E-state index contributed by atoms with van der Waals surface area (Å²) >= 11 is 3.31. The standard InChI is InChI=1S/C21H21BrN4O/c1-14(16-7-6-15-4-2-3-5-17(15)10-16)26-21(27)18(11-23)12-24-20-9-8-19(22)13-25-20/h6-10,12-14H,2-5H2,1H3,(H,24,25)(H,26,27)/b18-12-. The summed E-state index contributed by atoms with van der Waals surface area (Å²) in [6, 6.07) is 11.8. The van der Waals surface area contributed by atoms with Crippen molar-refractivity contribution in [1.29, 1.82) is 5.26 Å². The molecule has 2 aromatic rings. The van der Waals surface area contributed by atoms with Gasteiger partial charge in [0.15, 0.2) is 0 Å². The number of nitriles is 1. The van der Waals surface area contributed by atoms with E-state index in [1.165, 1.54) is 30.2 Å². The number of carbonyl (C=O) groups is 1. The highest BCUT2D eigenvalue weighted by atomic mass is 79.9. The van der Waals surface area contributed by atoms with E-state index in [0.29, 0.717) is 5.82 Å². The second kappa shape index (κ2) is 8.83. The number of halogens is 1. The summed E-state index contributed by atoms with van der Waals surface area (Å²) in [4.78, 5) is 16.6. The molecule has 0 radical (unpaired) electrons. The molecule has 1 aliphatic carbocycles. The quantitative estimate of drug-likeness (QED) is 0.549. The fourth-order valence-corrected chi connectivity index (χ4v) is 3.37. The van der Waals surface area contributed by atoms with E-state index in [1.54, 1.807) is 12.3 Å². The number of carbonyl (C=O) groups excluding carboxylic acids is 1. The lowest BCUT2D eigenvalue weighted by Gasteiger charge is -2.20. The average molecular weight is 425 g/mol. The highest BCUT2D eigenvalue weighted by Crippen LogP contribution is 2.25. The maximum absolute atomic E-state index is 12.5. The van der Waals surface area contributed by atoms with Crippen LogP contribution in [0.25, 0.3) is 0 Å². The number of nitrogens with zero attached hydrogens (tertiary/aromatic N) is 2. The van der Waals surface area contributed by atoms with Crippen molar-refractivity contribution in [3.05, 3.63) is 69.5 Å². The second-order valence-corrected chi connectivity index (χ2v) is 7.52. The van der Waals surface area contributed by atoms with Crippen LogP contribution in [0.5, 0.6) is 0 Å². The van der Waals surface area contributed by atoms with Crippen LogP contribution in [0, 0.1) is 11.3 Å². The van der Waals surface area contributed by atoms with E-state index >= 15 is 0 Å². The van der Waals surface area contributed by atoms with Gasteiger partial charge in [0, 0.05) is 16.9 Å². The average Bonchev–Trinajstić information content (AvgIpc) is 2.69. The van der Waals surface area contributed by atoms with Crippen molar-refractivity contribution in [1.82, 2.24) is 10.3 Å². The Kier molecular flexibility index (Phi) is 6.25. The first-order valence-corrected chi connectivity index (χ1v) is 9.77. The molecule has 0 spiro atoms. The number of fused-ring (bicyclic) bond motifs is 1. The van der Waals surface area contributed by atoms with E-state index in [2.05, 4.69) is 49.7 Å². The van der Waals surface area contributed by atoms with E-state index < -0.39 is 5.91 Å². The number of aryl methyl sites for hydroxylation is 2. The lowest BCUT2D eigenvalue weighted by molar-refractivity contribution is -0.117. The van der Waals surface area contributed by atoms with Crippen molar-refractivity contribution in [3.8, 4) is 6.07 Å². The van der Waals surface area contributed by atoms with E-state index in [1.807, 2.05) is 19.1 Å². The minimum Gasteiger partial charge on any atom is -0.345 e. The van der Waals surface area contributed by atoms with Gasteiger partial charge in [0.1, 0.15) is 17.5 Å². The fraction of sp³-hybridized carbons (Fsp3) is 0.286. The Hall–Kier alpha value is -2.65. The number of anilines is 1. The van der Waals surface area contributed by atoms with Crippen LogP contribution in [0.15, 0.2) is 52.8 Å². The van der Waals surface area contributed by atoms with Crippen LogP contribution in [0.1, 0.15) is 42.5 Å². The van der Waals surface area contributed by atoms with Crippen molar-refractivity contribution in [2.24, 2.45) is 0 Å². The van der Waals surface area contributed by atoms with Crippen LogP contribution < -0.4 is 10.6 Å². The zero-order chi connectivity index (χ0) is 19.2. The lowest BCUT2D eigenvalue weighted by Crippen LogP contribution is -2.28. The Morgan fingerprint density at radius 2 is 2.04 bits per heavy atom. The largest absolute Gasteiger partial charge is 0.345 e. The van der Waals surface area contributed by atoms with Crippen LogP contribution in [-0.2, 0) is 17.6 Å². The molecule has 1 amide bonds.